The van der Waals surface area contributed by atoms with Crippen molar-refractivity contribution in [1.29, 1.82) is 0 Å². The van der Waals surface area contributed by atoms with Gasteiger partial charge in [-0.15, -0.1) is 6.58 Å². The van der Waals surface area contributed by atoms with Gasteiger partial charge in [0.1, 0.15) is 0 Å². The molecule has 0 saturated heterocycles. The van der Waals surface area contributed by atoms with Crippen molar-refractivity contribution < 1.29 is 10.2 Å². The fourth-order valence-electron chi connectivity index (χ4n) is 0.857. The van der Waals surface area contributed by atoms with Gasteiger partial charge in [0.15, 0.2) is 0 Å². The monoisotopic (exact) mass is 143 g/mol. The van der Waals surface area contributed by atoms with Gasteiger partial charge in [0.05, 0.1) is 12.2 Å². The first kappa shape index (κ1) is 9.66. The lowest BCUT2D eigenvalue weighted by atomic mass is 9.94. The minimum Gasteiger partial charge on any atom is -0.393 e. The molecule has 0 heterocycles. The van der Waals surface area contributed by atoms with Crippen molar-refractivity contribution >= 4 is 0 Å². The number of aliphatic hydroxyl groups is 2. The van der Waals surface area contributed by atoms with Crippen LogP contribution in [0.4, 0.5) is 0 Å². The van der Waals surface area contributed by atoms with Gasteiger partial charge in [-0.1, -0.05) is 6.08 Å². The van der Waals surface area contributed by atoms with Gasteiger partial charge in [-0.05, 0) is 20.3 Å². The maximum atomic E-state index is 9.07. The zero-order chi connectivity index (χ0) is 8.15. The molecule has 2 atom stereocenters. The summed E-state index contributed by atoms with van der Waals surface area (Å²) in [5, 5.41) is 18.1. The highest BCUT2D eigenvalue weighted by Gasteiger charge is 2.18. The molecule has 0 aromatic rings. The van der Waals surface area contributed by atoms with Crippen LogP contribution in [0, 0.1) is 5.92 Å². The van der Waals surface area contributed by atoms with Gasteiger partial charge in [0.25, 0.3) is 0 Å². The zero-order valence-electron chi connectivity index (χ0n) is 6.54. The number of aliphatic hydroxyl groups excluding tert-OH is 2. The van der Waals surface area contributed by atoms with Crippen molar-refractivity contribution in [2.24, 2.45) is 0 Å². The first-order chi connectivity index (χ1) is 4.59. The van der Waals surface area contributed by atoms with Crippen LogP contribution < -0.4 is 0 Å². The summed E-state index contributed by atoms with van der Waals surface area (Å²) in [4.78, 5) is 0. The normalized spacial score (nSPS) is 16.9. The molecule has 2 nitrogen and oxygen atoms in total. The fourth-order valence-corrected chi connectivity index (χ4v) is 0.857. The molecule has 0 aromatic carbocycles. The molecule has 0 fully saturated rings. The smallest absolute Gasteiger partial charge is 0.0603 e. The Hall–Kier alpha value is -0.340. The van der Waals surface area contributed by atoms with Gasteiger partial charge in [-0.2, -0.15) is 0 Å². The molecule has 2 unspecified atom stereocenters. The van der Waals surface area contributed by atoms with Crippen LogP contribution in [0.3, 0.4) is 0 Å². The number of allylic oxidation sites excluding steroid dienone is 1. The van der Waals surface area contributed by atoms with E-state index in [1.165, 1.54) is 0 Å². The van der Waals surface area contributed by atoms with E-state index in [9.17, 15) is 0 Å². The van der Waals surface area contributed by atoms with E-state index < -0.39 is 12.2 Å². The molecule has 0 spiro atoms. The van der Waals surface area contributed by atoms with Gasteiger partial charge in [0, 0.05) is 5.92 Å². The molecule has 0 aliphatic carbocycles. The van der Waals surface area contributed by atoms with Crippen LogP contribution in [0.25, 0.3) is 0 Å². The average Bonchev–Trinajstić information content (AvgIpc) is 1.81. The highest BCUT2D eigenvalue weighted by Crippen LogP contribution is 2.16. The van der Waals surface area contributed by atoms with Crippen molar-refractivity contribution in [2.75, 3.05) is 0 Å². The largest absolute Gasteiger partial charge is 0.393 e. The van der Waals surface area contributed by atoms with Crippen LogP contribution in [0.5, 0.6) is 0 Å². The summed E-state index contributed by atoms with van der Waals surface area (Å²) in [5.41, 5.74) is 0. The summed E-state index contributed by atoms with van der Waals surface area (Å²) in [6, 6.07) is 0. The third-order valence-corrected chi connectivity index (χ3v) is 1.45. The van der Waals surface area contributed by atoms with E-state index in [0.717, 1.165) is 5.92 Å². The Kier molecular flexibility index (Phi) is 4.32. The van der Waals surface area contributed by atoms with Crippen molar-refractivity contribution in [2.45, 2.75) is 32.5 Å². The molecule has 10 heavy (non-hydrogen) atoms. The van der Waals surface area contributed by atoms with E-state index in [2.05, 4.69) is 6.58 Å². The molecule has 2 N–H and O–H groups in total. The summed E-state index contributed by atoms with van der Waals surface area (Å²) < 4.78 is 0. The number of hydrogen-bond acceptors (Lipinski definition) is 2. The third kappa shape index (κ3) is 2.99. The number of hydrogen-bond donors (Lipinski definition) is 2. The molecule has 0 aliphatic rings. The minimum atomic E-state index is -0.544. The summed E-state index contributed by atoms with van der Waals surface area (Å²) >= 11 is 0. The molecule has 0 rings (SSSR count). The lowest BCUT2D eigenvalue weighted by Crippen LogP contribution is -2.24. The van der Waals surface area contributed by atoms with Gasteiger partial charge in [0.2, 0.25) is 0 Å². The average molecular weight is 143 g/mol. The van der Waals surface area contributed by atoms with E-state index in [0.29, 0.717) is 6.42 Å². The Morgan fingerprint density at radius 3 is 1.90 bits per heavy atom. The minimum absolute atomic E-state index is 0.544. The fraction of sp³-hybridized carbons (Fsp3) is 0.625. The van der Waals surface area contributed by atoms with Crippen LogP contribution in [-0.2, 0) is 0 Å². The molecule has 59 valence electrons. The van der Waals surface area contributed by atoms with Gasteiger partial charge >= 0.3 is 0 Å². The quantitative estimate of drug-likeness (QED) is 0.574. The lowest BCUT2D eigenvalue weighted by molar-refractivity contribution is 0.125. The van der Waals surface area contributed by atoms with Crippen LogP contribution in [-0.4, -0.2) is 22.4 Å². The second kappa shape index (κ2) is 4.47. The summed E-state index contributed by atoms with van der Waals surface area (Å²) in [7, 11) is 0. The highest BCUT2D eigenvalue weighted by atomic mass is 16.3. The first-order valence-electron chi connectivity index (χ1n) is 3.42. The molecule has 0 aromatic heterocycles. The van der Waals surface area contributed by atoms with Crippen LogP contribution in [0.2, 0.25) is 0 Å². The Balaban J connectivity index is 3.84. The first-order valence-corrected chi connectivity index (χ1v) is 3.42. The van der Waals surface area contributed by atoms with Crippen LogP contribution >= 0.6 is 0 Å². The molecular weight excluding hydrogens is 128 g/mol. The molecule has 0 aliphatic heterocycles. The van der Waals surface area contributed by atoms with Crippen molar-refractivity contribution in [1.82, 2.24) is 0 Å². The molecule has 2 heteroatoms. The predicted molar refractivity (Wildman–Crippen MR) is 41.4 cm³/mol. The Morgan fingerprint density at radius 2 is 1.80 bits per heavy atom. The molecule has 1 radical (unpaired) electrons. The Labute approximate surface area is 62.2 Å². The van der Waals surface area contributed by atoms with E-state index >= 15 is 0 Å². The van der Waals surface area contributed by atoms with Crippen molar-refractivity contribution in [3.63, 3.8) is 0 Å². The van der Waals surface area contributed by atoms with E-state index in [-0.39, 0.29) is 0 Å². The van der Waals surface area contributed by atoms with Crippen molar-refractivity contribution in [3.8, 4) is 0 Å². The highest BCUT2D eigenvalue weighted by molar-refractivity contribution is 5.04. The summed E-state index contributed by atoms with van der Waals surface area (Å²) in [5.74, 6) is 0.718. The van der Waals surface area contributed by atoms with E-state index in [1.807, 2.05) is 0 Å². The molecule has 0 amide bonds. The molecule has 0 bridgehead atoms. The summed E-state index contributed by atoms with van der Waals surface area (Å²) in [6.07, 6.45) is 1.17. The maximum Gasteiger partial charge on any atom is 0.0603 e. The van der Waals surface area contributed by atoms with Gasteiger partial charge in [-0.25, -0.2) is 0 Å². The maximum absolute atomic E-state index is 9.07. The lowest BCUT2D eigenvalue weighted by Gasteiger charge is -2.19. The van der Waals surface area contributed by atoms with Gasteiger partial charge < -0.3 is 10.2 Å². The molecule has 0 saturated carbocycles. The SMILES string of the molecule is C=CC[C](C(C)O)C(C)O. The zero-order valence-corrected chi connectivity index (χ0v) is 6.54. The van der Waals surface area contributed by atoms with Crippen molar-refractivity contribution in [3.05, 3.63) is 18.6 Å². The Morgan fingerprint density at radius 1 is 1.40 bits per heavy atom. The summed E-state index contributed by atoms with van der Waals surface area (Å²) in [6.45, 7) is 6.81. The van der Waals surface area contributed by atoms with Gasteiger partial charge in [-0.3, -0.25) is 0 Å². The number of rotatable bonds is 4. The van der Waals surface area contributed by atoms with Crippen LogP contribution in [0.1, 0.15) is 20.3 Å². The molecular formula is C8H15O2. The van der Waals surface area contributed by atoms with Crippen LogP contribution in [0.15, 0.2) is 12.7 Å². The second-order valence-corrected chi connectivity index (χ2v) is 2.42. The van der Waals surface area contributed by atoms with E-state index in [4.69, 9.17) is 10.2 Å². The topological polar surface area (TPSA) is 40.5 Å². The second-order valence-electron chi connectivity index (χ2n) is 2.42. The third-order valence-electron chi connectivity index (χ3n) is 1.45. The predicted octanol–water partition coefficient (Wildman–Crippen LogP) is 0.899. The van der Waals surface area contributed by atoms with E-state index in [1.54, 1.807) is 19.9 Å². The standard InChI is InChI=1S/C8H15O2/c1-4-5-8(6(2)9)7(3)10/h4,6-7,9-10H,1,5H2,2-3H3. The Bertz CT molecular complexity index is 89.4.